The highest BCUT2D eigenvalue weighted by atomic mass is 79.9. The molecule has 0 aliphatic heterocycles. The SMILES string of the molecule is CC(CN)C(=O)Cc1ccc(F)c(Br)c1. The minimum atomic E-state index is -0.321. The van der Waals surface area contributed by atoms with Crippen molar-refractivity contribution < 1.29 is 9.18 Å². The van der Waals surface area contributed by atoms with Crippen molar-refractivity contribution in [3.8, 4) is 0 Å². The first-order valence-corrected chi connectivity index (χ1v) is 5.50. The Morgan fingerprint density at radius 2 is 2.27 bits per heavy atom. The molecule has 0 aliphatic carbocycles. The first-order chi connectivity index (χ1) is 7.04. The van der Waals surface area contributed by atoms with E-state index in [-0.39, 0.29) is 17.5 Å². The molecular formula is C11H13BrFNO. The van der Waals surface area contributed by atoms with Gasteiger partial charge in [0.25, 0.3) is 0 Å². The summed E-state index contributed by atoms with van der Waals surface area (Å²) in [6.07, 6.45) is 0.303. The molecule has 0 spiro atoms. The van der Waals surface area contributed by atoms with Crippen LogP contribution in [0.4, 0.5) is 4.39 Å². The fourth-order valence-electron chi connectivity index (χ4n) is 1.16. The minimum Gasteiger partial charge on any atom is -0.330 e. The van der Waals surface area contributed by atoms with Gasteiger partial charge in [0.15, 0.2) is 0 Å². The third-order valence-corrected chi connectivity index (χ3v) is 2.87. The highest BCUT2D eigenvalue weighted by molar-refractivity contribution is 9.10. The molecule has 0 fully saturated rings. The van der Waals surface area contributed by atoms with E-state index in [4.69, 9.17) is 5.73 Å². The van der Waals surface area contributed by atoms with Crippen LogP contribution in [0.1, 0.15) is 12.5 Å². The number of hydrogen-bond donors (Lipinski definition) is 1. The average molecular weight is 274 g/mol. The fourth-order valence-corrected chi connectivity index (χ4v) is 1.58. The first kappa shape index (κ1) is 12.3. The van der Waals surface area contributed by atoms with Gasteiger partial charge in [-0.3, -0.25) is 4.79 Å². The van der Waals surface area contributed by atoms with Crippen molar-refractivity contribution in [3.63, 3.8) is 0 Å². The van der Waals surface area contributed by atoms with Crippen molar-refractivity contribution in [1.29, 1.82) is 0 Å². The van der Waals surface area contributed by atoms with Crippen LogP contribution in [0.3, 0.4) is 0 Å². The summed E-state index contributed by atoms with van der Waals surface area (Å²) in [7, 11) is 0. The quantitative estimate of drug-likeness (QED) is 0.915. The van der Waals surface area contributed by atoms with Gasteiger partial charge in [-0.1, -0.05) is 13.0 Å². The maximum atomic E-state index is 12.9. The number of rotatable bonds is 4. The summed E-state index contributed by atoms with van der Waals surface area (Å²) in [6.45, 7) is 2.14. The highest BCUT2D eigenvalue weighted by Crippen LogP contribution is 2.17. The zero-order valence-electron chi connectivity index (χ0n) is 8.47. The average Bonchev–Trinajstić information content (AvgIpc) is 2.22. The lowest BCUT2D eigenvalue weighted by Crippen LogP contribution is -2.22. The number of halogens is 2. The van der Waals surface area contributed by atoms with Crippen molar-refractivity contribution in [2.45, 2.75) is 13.3 Å². The van der Waals surface area contributed by atoms with Gasteiger partial charge in [0, 0.05) is 18.9 Å². The van der Waals surface area contributed by atoms with Crippen LogP contribution >= 0.6 is 15.9 Å². The second-order valence-corrected chi connectivity index (χ2v) is 4.38. The van der Waals surface area contributed by atoms with Crippen LogP contribution in [-0.2, 0) is 11.2 Å². The number of carbonyl (C=O) groups is 1. The zero-order valence-corrected chi connectivity index (χ0v) is 10.1. The van der Waals surface area contributed by atoms with Gasteiger partial charge in [0.05, 0.1) is 4.47 Å². The number of nitrogens with two attached hydrogens (primary N) is 1. The van der Waals surface area contributed by atoms with Crippen LogP contribution in [-0.4, -0.2) is 12.3 Å². The van der Waals surface area contributed by atoms with Crippen LogP contribution in [0.2, 0.25) is 0 Å². The lowest BCUT2D eigenvalue weighted by molar-refractivity contribution is -0.121. The third kappa shape index (κ3) is 3.39. The molecule has 0 heterocycles. The fraction of sp³-hybridized carbons (Fsp3) is 0.364. The van der Waals surface area contributed by atoms with Crippen LogP contribution in [0.5, 0.6) is 0 Å². The van der Waals surface area contributed by atoms with E-state index in [0.717, 1.165) is 5.56 Å². The Balaban J connectivity index is 2.73. The maximum Gasteiger partial charge on any atom is 0.141 e. The van der Waals surface area contributed by atoms with Crippen molar-refractivity contribution >= 4 is 21.7 Å². The lowest BCUT2D eigenvalue weighted by atomic mass is 10.00. The Morgan fingerprint density at radius 3 is 2.80 bits per heavy atom. The molecule has 0 bridgehead atoms. The first-order valence-electron chi connectivity index (χ1n) is 4.71. The second kappa shape index (κ2) is 5.37. The summed E-state index contributed by atoms with van der Waals surface area (Å²) in [5, 5.41) is 0. The molecule has 1 aromatic rings. The molecule has 0 saturated heterocycles. The Labute approximate surface area is 96.8 Å². The standard InChI is InChI=1S/C11H13BrFNO/c1-7(6-14)11(15)5-8-2-3-10(13)9(12)4-8/h2-4,7H,5-6,14H2,1H3. The molecule has 1 aromatic carbocycles. The van der Waals surface area contributed by atoms with Gasteiger partial charge in [-0.25, -0.2) is 4.39 Å². The molecule has 0 aliphatic rings. The lowest BCUT2D eigenvalue weighted by Gasteiger charge is -2.07. The van der Waals surface area contributed by atoms with E-state index in [0.29, 0.717) is 17.4 Å². The Hall–Kier alpha value is -0.740. The molecule has 0 radical (unpaired) electrons. The largest absolute Gasteiger partial charge is 0.330 e. The predicted molar refractivity (Wildman–Crippen MR) is 61.0 cm³/mol. The second-order valence-electron chi connectivity index (χ2n) is 3.53. The van der Waals surface area contributed by atoms with Crippen LogP contribution in [0.15, 0.2) is 22.7 Å². The van der Waals surface area contributed by atoms with Gasteiger partial charge in [-0.05, 0) is 33.6 Å². The van der Waals surface area contributed by atoms with Crippen molar-refractivity contribution in [2.24, 2.45) is 11.7 Å². The molecular weight excluding hydrogens is 261 g/mol. The summed E-state index contributed by atoms with van der Waals surface area (Å²) in [5.74, 6) is -0.386. The normalized spacial score (nSPS) is 12.5. The van der Waals surface area contributed by atoms with Gasteiger partial charge in [-0.2, -0.15) is 0 Å². The zero-order chi connectivity index (χ0) is 11.4. The maximum absolute atomic E-state index is 12.9. The number of ketones is 1. The summed E-state index contributed by atoms with van der Waals surface area (Å²) < 4.78 is 13.3. The van der Waals surface area contributed by atoms with Crippen molar-refractivity contribution in [3.05, 3.63) is 34.1 Å². The molecule has 0 saturated carbocycles. The molecule has 1 unspecified atom stereocenters. The summed E-state index contributed by atoms with van der Waals surface area (Å²) >= 11 is 3.08. The predicted octanol–water partition coefficient (Wildman–Crippen LogP) is 2.29. The third-order valence-electron chi connectivity index (χ3n) is 2.27. The molecule has 82 valence electrons. The van der Waals surface area contributed by atoms with Crippen LogP contribution < -0.4 is 5.73 Å². The van der Waals surface area contributed by atoms with E-state index in [1.165, 1.54) is 6.07 Å². The topological polar surface area (TPSA) is 43.1 Å². The van der Waals surface area contributed by atoms with Gasteiger partial charge in [0.2, 0.25) is 0 Å². The van der Waals surface area contributed by atoms with E-state index >= 15 is 0 Å². The molecule has 0 amide bonds. The molecule has 2 nitrogen and oxygen atoms in total. The summed E-state index contributed by atoms with van der Waals surface area (Å²) in [6, 6.07) is 4.58. The number of benzene rings is 1. The highest BCUT2D eigenvalue weighted by Gasteiger charge is 2.12. The van der Waals surface area contributed by atoms with E-state index in [1.54, 1.807) is 19.1 Å². The van der Waals surface area contributed by atoms with E-state index in [9.17, 15) is 9.18 Å². The van der Waals surface area contributed by atoms with Crippen molar-refractivity contribution in [2.75, 3.05) is 6.54 Å². The van der Waals surface area contributed by atoms with Gasteiger partial charge in [-0.15, -0.1) is 0 Å². The summed E-state index contributed by atoms with van der Waals surface area (Å²) in [4.78, 5) is 11.6. The Kier molecular flexibility index (Phi) is 4.42. The Morgan fingerprint density at radius 1 is 1.60 bits per heavy atom. The van der Waals surface area contributed by atoms with Gasteiger partial charge >= 0.3 is 0 Å². The van der Waals surface area contributed by atoms with E-state index in [2.05, 4.69) is 15.9 Å². The smallest absolute Gasteiger partial charge is 0.141 e. The summed E-state index contributed by atoms with van der Waals surface area (Å²) in [5.41, 5.74) is 6.19. The van der Waals surface area contributed by atoms with Crippen molar-refractivity contribution in [1.82, 2.24) is 0 Å². The molecule has 15 heavy (non-hydrogen) atoms. The molecule has 2 N–H and O–H groups in total. The van der Waals surface area contributed by atoms with E-state index in [1.807, 2.05) is 0 Å². The van der Waals surface area contributed by atoms with E-state index < -0.39 is 0 Å². The number of carbonyl (C=O) groups excluding carboxylic acids is 1. The molecule has 0 aromatic heterocycles. The molecule has 1 rings (SSSR count). The van der Waals surface area contributed by atoms with Crippen LogP contribution in [0, 0.1) is 11.7 Å². The van der Waals surface area contributed by atoms with Crippen LogP contribution in [0.25, 0.3) is 0 Å². The number of Topliss-reactive ketones (excluding diaryl/α,β-unsaturated/α-hetero) is 1. The van der Waals surface area contributed by atoms with Gasteiger partial charge in [0.1, 0.15) is 11.6 Å². The van der Waals surface area contributed by atoms with Gasteiger partial charge < -0.3 is 5.73 Å². The molecule has 4 heteroatoms. The minimum absolute atomic E-state index is 0.0796. The Bertz CT molecular complexity index is 368. The number of hydrogen-bond acceptors (Lipinski definition) is 2. The monoisotopic (exact) mass is 273 g/mol. The molecule has 1 atom stereocenters.